The second kappa shape index (κ2) is 4.78. The van der Waals surface area contributed by atoms with Crippen molar-refractivity contribution in [3.63, 3.8) is 0 Å². The van der Waals surface area contributed by atoms with Gasteiger partial charge in [0.05, 0.1) is 10.6 Å². The van der Waals surface area contributed by atoms with E-state index in [4.69, 9.17) is 0 Å². The zero-order valence-corrected chi connectivity index (χ0v) is 11.1. The Balaban J connectivity index is 2.13. The Morgan fingerprint density at radius 1 is 1.35 bits per heavy atom. The molecule has 0 saturated carbocycles. The maximum absolute atomic E-state index is 11.9. The molecule has 17 heavy (non-hydrogen) atoms. The predicted octanol–water partition coefficient (Wildman–Crippen LogP) is 1.80. The van der Waals surface area contributed by atoms with Gasteiger partial charge in [0.2, 0.25) is 0 Å². The number of hydrogen-bond donors (Lipinski definition) is 1. The first-order valence-corrected chi connectivity index (χ1v) is 7.68. The van der Waals surface area contributed by atoms with E-state index in [1.54, 1.807) is 12.1 Å². The zero-order chi connectivity index (χ0) is 12.5. The van der Waals surface area contributed by atoms with Gasteiger partial charge in [0.1, 0.15) is 0 Å². The van der Waals surface area contributed by atoms with E-state index in [0.29, 0.717) is 10.8 Å². The molecule has 1 unspecified atom stereocenters. The van der Waals surface area contributed by atoms with Crippen LogP contribution in [0.15, 0.2) is 29.2 Å². The van der Waals surface area contributed by atoms with Crippen molar-refractivity contribution in [2.45, 2.75) is 24.7 Å². The summed E-state index contributed by atoms with van der Waals surface area (Å²) in [6, 6.07) is 7.35. The van der Waals surface area contributed by atoms with E-state index in [0.717, 1.165) is 18.7 Å². The van der Waals surface area contributed by atoms with Gasteiger partial charge in [-0.2, -0.15) is 0 Å². The summed E-state index contributed by atoms with van der Waals surface area (Å²) in [6.07, 6.45) is 0. The minimum absolute atomic E-state index is 0.106. The third kappa shape index (κ3) is 2.69. The standard InChI is InChI=1S/C13H19NO2S/c1-10(2)7-14-8-11-9-17(15,16)13-6-4-3-5-12(11)13/h3-6,10-11,14H,7-9H2,1-2H3. The molecule has 1 N–H and O–H groups in total. The zero-order valence-electron chi connectivity index (χ0n) is 10.3. The maximum Gasteiger partial charge on any atom is 0.179 e. The number of fused-ring (bicyclic) bond motifs is 1. The molecule has 1 aliphatic rings. The molecule has 1 aliphatic heterocycles. The molecule has 1 aromatic rings. The molecular weight excluding hydrogens is 234 g/mol. The number of sulfone groups is 1. The predicted molar refractivity (Wildman–Crippen MR) is 68.9 cm³/mol. The molecule has 0 fully saturated rings. The Bertz CT molecular complexity index is 494. The fourth-order valence-corrected chi connectivity index (χ4v) is 4.15. The van der Waals surface area contributed by atoms with Crippen LogP contribution in [0.2, 0.25) is 0 Å². The van der Waals surface area contributed by atoms with E-state index >= 15 is 0 Å². The van der Waals surface area contributed by atoms with E-state index in [9.17, 15) is 8.42 Å². The Labute approximate surface area is 103 Å². The van der Waals surface area contributed by atoms with Crippen LogP contribution >= 0.6 is 0 Å². The summed E-state index contributed by atoms with van der Waals surface area (Å²) in [5, 5.41) is 3.34. The highest BCUT2D eigenvalue weighted by atomic mass is 32.2. The minimum atomic E-state index is -3.05. The number of rotatable bonds is 4. The lowest BCUT2D eigenvalue weighted by atomic mass is 10.0. The van der Waals surface area contributed by atoms with Crippen LogP contribution in [0.25, 0.3) is 0 Å². The Morgan fingerprint density at radius 3 is 2.76 bits per heavy atom. The highest BCUT2D eigenvalue weighted by Gasteiger charge is 2.33. The number of hydrogen-bond acceptors (Lipinski definition) is 3. The summed E-state index contributed by atoms with van der Waals surface area (Å²) in [4.78, 5) is 0.524. The molecule has 1 atom stereocenters. The molecule has 0 aromatic heterocycles. The van der Waals surface area contributed by atoms with E-state index in [1.807, 2.05) is 12.1 Å². The first-order chi connectivity index (χ1) is 8.00. The average Bonchev–Trinajstić information content (AvgIpc) is 2.51. The largest absolute Gasteiger partial charge is 0.316 e. The van der Waals surface area contributed by atoms with Crippen molar-refractivity contribution in [1.29, 1.82) is 0 Å². The van der Waals surface area contributed by atoms with Gasteiger partial charge in [-0.15, -0.1) is 0 Å². The summed E-state index contributed by atoms with van der Waals surface area (Å²) in [7, 11) is -3.05. The van der Waals surface area contributed by atoms with Gasteiger partial charge >= 0.3 is 0 Å². The van der Waals surface area contributed by atoms with Crippen LogP contribution in [0.1, 0.15) is 25.3 Å². The normalized spacial score (nSPS) is 21.7. The van der Waals surface area contributed by atoms with Gasteiger partial charge in [-0.3, -0.25) is 0 Å². The molecular formula is C13H19NO2S. The summed E-state index contributed by atoms with van der Waals surface area (Å²) >= 11 is 0. The van der Waals surface area contributed by atoms with Crippen LogP contribution in [-0.2, 0) is 9.84 Å². The fourth-order valence-electron chi connectivity index (χ4n) is 2.26. The second-order valence-corrected chi connectivity index (χ2v) is 7.07. The van der Waals surface area contributed by atoms with Crippen molar-refractivity contribution in [2.75, 3.05) is 18.8 Å². The third-order valence-corrected chi connectivity index (χ3v) is 4.94. The molecule has 0 spiro atoms. The smallest absolute Gasteiger partial charge is 0.179 e. The second-order valence-electron chi connectivity index (χ2n) is 5.07. The van der Waals surface area contributed by atoms with Gasteiger partial charge in [0.15, 0.2) is 9.84 Å². The first-order valence-electron chi connectivity index (χ1n) is 6.03. The molecule has 0 radical (unpaired) electrons. The van der Waals surface area contributed by atoms with Crippen molar-refractivity contribution in [3.05, 3.63) is 29.8 Å². The summed E-state index contributed by atoms with van der Waals surface area (Å²) in [6.45, 7) is 5.96. The van der Waals surface area contributed by atoms with Crippen molar-refractivity contribution < 1.29 is 8.42 Å². The van der Waals surface area contributed by atoms with Crippen molar-refractivity contribution in [1.82, 2.24) is 5.32 Å². The van der Waals surface area contributed by atoms with Gasteiger partial charge in [-0.1, -0.05) is 32.0 Å². The molecule has 3 nitrogen and oxygen atoms in total. The van der Waals surface area contributed by atoms with Crippen molar-refractivity contribution in [2.24, 2.45) is 5.92 Å². The first kappa shape index (κ1) is 12.6. The van der Waals surface area contributed by atoms with Crippen LogP contribution in [-0.4, -0.2) is 27.3 Å². The molecule has 2 rings (SSSR count). The van der Waals surface area contributed by atoms with Gasteiger partial charge in [0.25, 0.3) is 0 Å². The lowest BCUT2D eigenvalue weighted by molar-refractivity contribution is 0.529. The van der Waals surface area contributed by atoms with Crippen LogP contribution in [0.5, 0.6) is 0 Å². The fraction of sp³-hybridized carbons (Fsp3) is 0.538. The summed E-state index contributed by atoms with van der Waals surface area (Å²) < 4.78 is 23.9. The number of nitrogens with one attached hydrogen (secondary N) is 1. The molecule has 0 saturated heterocycles. The van der Waals surface area contributed by atoms with E-state index in [1.165, 1.54) is 0 Å². The molecule has 0 bridgehead atoms. The third-order valence-electron chi connectivity index (χ3n) is 3.06. The SMILES string of the molecule is CC(C)CNCC1CS(=O)(=O)c2ccccc21. The Kier molecular flexibility index (Phi) is 3.54. The minimum Gasteiger partial charge on any atom is -0.316 e. The topological polar surface area (TPSA) is 46.2 Å². The van der Waals surface area contributed by atoms with Crippen LogP contribution < -0.4 is 5.32 Å². The van der Waals surface area contributed by atoms with Crippen molar-refractivity contribution in [3.8, 4) is 0 Å². The molecule has 1 heterocycles. The maximum atomic E-state index is 11.9. The van der Waals surface area contributed by atoms with Gasteiger partial charge in [-0.05, 0) is 24.1 Å². The van der Waals surface area contributed by atoms with Crippen LogP contribution in [0.3, 0.4) is 0 Å². The lowest BCUT2D eigenvalue weighted by Crippen LogP contribution is -2.26. The van der Waals surface area contributed by atoms with Gasteiger partial charge in [0, 0.05) is 12.5 Å². The Hall–Kier alpha value is -0.870. The summed E-state index contributed by atoms with van der Waals surface area (Å²) in [5.41, 5.74) is 0.976. The highest BCUT2D eigenvalue weighted by Crippen LogP contribution is 2.34. The molecule has 94 valence electrons. The van der Waals surface area contributed by atoms with Gasteiger partial charge in [-0.25, -0.2) is 8.42 Å². The van der Waals surface area contributed by atoms with E-state index < -0.39 is 9.84 Å². The number of benzene rings is 1. The van der Waals surface area contributed by atoms with E-state index in [-0.39, 0.29) is 11.7 Å². The monoisotopic (exact) mass is 253 g/mol. The van der Waals surface area contributed by atoms with Crippen LogP contribution in [0, 0.1) is 5.92 Å². The lowest BCUT2D eigenvalue weighted by Gasteiger charge is -2.12. The quantitative estimate of drug-likeness (QED) is 0.890. The molecule has 0 aliphatic carbocycles. The van der Waals surface area contributed by atoms with Crippen LogP contribution in [0.4, 0.5) is 0 Å². The highest BCUT2D eigenvalue weighted by molar-refractivity contribution is 7.91. The van der Waals surface area contributed by atoms with Gasteiger partial charge < -0.3 is 5.32 Å². The molecule has 1 aromatic carbocycles. The molecule has 0 amide bonds. The summed E-state index contributed by atoms with van der Waals surface area (Å²) in [5.74, 6) is 0.940. The molecule has 4 heteroatoms. The van der Waals surface area contributed by atoms with E-state index in [2.05, 4.69) is 19.2 Å². The Morgan fingerprint density at radius 2 is 2.06 bits per heavy atom. The average molecular weight is 253 g/mol. The van der Waals surface area contributed by atoms with Crippen molar-refractivity contribution >= 4 is 9.84 Å².